The number of hydrogen-bond acceptors (Lipinski definition) is 2. The van der Waals surface area contributed by atoms with E-state index in [2.05, 4.69) is 42.7 Å². The molecule has 26 heavy (non-hydrogen) atoms. The van der Waals surface area contributed by atoms with E-state index in [1.165, 1.54) is 23.1 Å². The van der Waals surface area contributed by atoms with Crippen molar-refractivity contribution in [3.8, 4) is 0 Å². The summed E-state index contributed by atoms with van der Waals surface area (Å²) in [6, 6.07) is 6.90. The van der Waals surface area contributed by atoms with Gasteiger partial charge in [0.05, 0.1) is 6.04 Å². The maximum atomic E-state index is 12.4. The van der Waals surface area contributed by atoms with E-state index in [-0.39, 0.29) is 23.4 Å². The van der Waals surface area contributed by atoms with E-state index in [0.717, 1.165) is 25.7 Å². The van der Waals surface area contributed by atoms with Crippen LogP contribution in [0.2, 0.25) is 0 Å². The zero-order valence-electron chi connectivity index (χ0n) is 15.8. The van der Waals surface area contributed by atoms with Crippen LogP contribution in [0.5, 0.6) is 0 Å². The molecule has 5 nitrogen and oxygen atoms in total. The molecular weight excluding hydrogens is 326 g/mol. The van der Waals surface area contributed by atoms with Crippen molar-refractivity contribution in [1.29, 1.82) is 0 Å². The Morgan fingerprint density at radius 1 is 1.23 bits per heavy atom. The summed E-state index contributed by atoms with van der Waals surface area (Å²) in [5.74, 6) is 0.184. The number of rotatable bonds is 5. The number of hydrogen-bond donors (Lipinski definition) is 2. The summed E-state index contributed by atoms with van der Waals surface area (Å²) in [6.45, 7) is 5.60. The standard InChI is InChI=1S/C21H29N3O2/c1-14-4-5-16(10-15(14)2)21(8-3-9-21)13-22-20(26)23-17-11-19(25)24(12-17)18-6-7-18/h4-5,10,17-18H,3,6-9,11-13H2,1-2H3,(H2,22,23,26). The van der Waals surface area contributed by atoms with Gasteiger partial charge in [0.2, 0.25) is 5.91 Å². The van der Waals surface area contributed by atoms with Crippen molar-refractivity contribution in [2.24, 2.45) is 0 Å². The maximum Gasteiger partial charge on any atom is 0.315 e. The minimum Gasteiger partial charge on any atom is -0.338 e. The van der Waals surface area contributed by atoms with Crippen LogP contribution in [-0.2, 0) is 10.2 Å². The highest BCUT2D eigenvalue weighted by Gasteiger charge is 2.41. The van der Waals surface area contributed by atoms with E-state index in [9.17, 15) is 9.59 Å². The van der Waals surface area contributed by atoms with Gasteiger partial charge in [-0.25, -0.2) is 4.79 Å². The van der Waals surface area contributed by atoms with Crippen molar-refractivity contribution in [3.05, 3.63) is 34.9 Å². The summed E-state index contributed by atoms with van der Waals surface area (Å²) in [4.78, 5) is 26.3. The molecule has 140 valence electrons. The number of nitrogens with one attached hydrogen (secondary N) is 2. The van der Waals surface area contributed by atoms with Gasteiger partial charge in [-0.3, -0.25) is 4.79 Å². The molecule has 1 aromatic carbocycles. The molecule has 0 aromatic heterocycles. The number of urea groups is 1. The third kappa shape index (κ3) is 3.31. The molecule has 1 aromatic rings. The van der Waals surface area contributed by atoms with Crippen LogP contribution in [0.1, 0.15) is 55.2 Å². The lowest BCUT2D eigenvalue weighted by atomic mass is 9.64. The molecule has 0 radical (unpaired) electrons. The van der Waals surface area contributed by atoms with Gasteiger partial charge in [0.1, 0.15) is 0 Å². The molecule has 4 rings (SSSR count). The van der Waals surface area contributed by atoms with Crippen molar-refractivity contribution in [2.75, 3.05) is 13.1 Å². The predicted octanol–water partition coefficient (Wildman–Crippen LogP) is 2.79. The van der Waals surface area contributed by atoms with E-state index in [0.29, 0.717) is 25.6 Å². The quantitative estimate of drug-likeness (QED) is 0.853. The van der Waals surface area contributed by atoms with Gasteiger partial charge >= 0.3 is 6.03 Å². The number of likely N-dealkylation sites (tertiary alicyclic amines) is 1. The van der Waals surface area contributed by atoms with Crippen LogP contribution in [0.15, 0.2) is 18.2 Å². The third-order valence-corrected chi connectivity index (χ3v) is 6.50. The van der Waals surface area contributed by atoms with Gasteiger partial charge in [0, 0.05) is 31.0 Å². The van der Waals surface area contributed by atoms with Crippen LogP contribution in [0.4, 0.5) is 4.79 Å². The Balaban J connectivity index is 1.33. The first-order valence-corrected chi connectivity index (χ1v) is 9.88. The first kappa shape index (κ1) is 17.4. The third-order valence-electron chi connectivity index (χ3n) is 6.50. The highest BCUT2D eigenvalue weighted by atomic mass is 16.2. The average Bonchev–Trinajstić information content (AvgIpc) is 3.33. The van der Waals surface area contributed by atoms with Crippen LogP contribution in [0.3, 0.4) is 0 Å². The monoisotopic (exact) mass is 355 g/mol. The van der Waals surface area contributed by atoms with Gasteiger partial charge < -0.3 is 15.5 Å². The molecule has 1 heterocycles. The Labute approximate surface area is 155 Å². The van der Waals surface area contributed by atoms with Gasteiger partial charge in [-0.15, -0.1) is 0 Å². The van der Waals surface area contributed by atoms with Crippen LogP contribution < -0.4 is 10.6 Å². The molecule has 2 aliphatic carbocycles. The maximum absolute atomic E-state index is 12.4. The van der Waals surface area contributed by atoms with Crippen molar-refractivity contribution in [2.45, 2.75) is 69.9 Å². The van der Waals surface area contributed by atoms with E-state index in [4.69, 9.17) is 0 Å². The van der Waals surface area contributed by atoms with E-state index < -0.39 is 0 Å². The zero-order chi connectivity index (χ0) is 18.3. The molecule has 3 fully saturated rings. The van der Waals surface area contributed by atoms with Gasteiger partial charge in [-0.1, -0.05) is 24.6 Å². The molecule has 3 aliphatic rings. The van der Waals surface area contributed by atoms with Crippen LogP contribution in [0, 0.1) is 13.8 Å². The lowest BCUT2D eigenvalue weighted by Gasteiger charge is -2.43. The predicted molar refractivity (Wildman–Crippen MR) is 101 cm³/mol. The summed E-state index contributed by atoms with van der Waals surface area (Å²) in [6.07, 6.45) is 6.11. The first-order valence-electron chi connectivity index (χ1n) is 9.88. The lowest BCUT2D eigenvalue weighted by molar-refractivity contribution is -0.128. The lowest BCUT2D eigenvalue weighted by Crippen LogP contribution is -2.50. The molecule has 1 saturated heterocycles. The van der Waals surface area contributed by atoms with E-state index >= 15 is 0 Å². The van der Waals surface area contributed by atoms with Gasteiger partial charge in [0.25, 0.3) is 0 Å². The fraction of sp³-hybridized carbons (Fsp3) is 0.619. The Kier molecular flexibility index (Phi) is 4.41. The van der Waals surface area contributed by atoms with Crippen molar-refractivity contribution in [1.82, 2.24) is 15.5 Å². The fourth-order valence-electron chi connectivity index (χ4n) is 4.30. The van der Waals surface area contributed by atoms with Crippen LogP contribution >= 0.6 is 0 Å². The fourth-order valence-corrected chi connectivity index (χ4v) is 4.30. The highest BCUT2D eigenvalue weighted by Crippen LogP contribution is 2.43. The first-order chi connectivity index (χ1) is 12.5. The van der Waals surface area contributed by atoms with Gasteiger partial charge in [-0.05, 0) is 56.2 Å². The van der Waals surface area contributed by atoms with Gasteiger partial charge in [0.15, 0.2) is 0 Å². The van der Waals surface area contributed by atoms with E-state index in [1.807, 2.05) is 4.90 Å². The average molecular weight is 355 g/mol. The Morgan fingerprint density at radius 2 is 2.00 bits per heavy atom. The zero-order valence-corrected chi connectivity index (χ0v) is 15.8. The van der Waals surface area contributed by atoms with Crippen LogP contribution in [0.25, 0.3) is 0 Å². The Morgan fingerprint density at radius 3 is 2.62 bits per heavy atom. The normalized spacial score (nSPS) is 24.3. The molecule has 2 N–H and O–H groups in total. The molecule has 1 aliphatic heterocycles. The SMILES string of the molecule is Cc1ccc(C2(CNC(=O)NC3CC(=O)N(C4CC4)C3)CCC2)cc1C. The summed E-state index contributed by atoms with van der Waals surface area (Å²) in [5, 5.41) is 6.08. The van der Waals surface area contributed by atoms with Crippen molar-refractivity contribution in [3.63, 3.8) is 0 Å². The molecule has 1 atom stereocenters. The summed E-state index contributed by atoms with van der Waals surface area (Å²) >= 11 is 0. The minimum atomic E-state index is -0.143. The van der Waals surface area contributed by atoms with Gasteiger partial charge in [-0.2, -0.15) is 0 Å². The smallest absolute Gasteiger partial charge is 0.315 e. The molecular formula is C21H29N3O2. The number of carbonyl (C=O) groups excluding carboxylic acids is 2. The topological polar surface area (TPSA) is 61.4 Å². The molecule has 2 saturated carbocycles. The molecule has 1 unspecified atom stereocenters. The molecule has 5 heteroatoms. The summed E-state index contributed by atoms with van der Waals surface area (Å²) < 4.78 is 0. The second-order valence-electron chi connectivity index (χ2n) is 8.44. The summed E-state index contributed by atoms with van der Waals surface area (Å²) in [5.41, 5.74) is 4.02. The second-order valence-corrected chi connectivity index (χ2v) is 8.44. The van der Waals surface area contributed by atoms with Crippen LogP contribution in [-0.4, -0.2) is 42.0 Å². The highest BCUT2D eigenvalue weighted by molar-refractivity contribution is 5.82. The number of aryl methyl sites for hydroxylation is 2. The number of nitrogens with zero attached hydrogens (tertiary/aromatic N) is 1. The van der Waals surface area contributed by atoms with E-state index in [1.54, 1.807) is 0 Å². The largest absolute Gasteiger partial charge is 0.338 e. The molecule has 3 amide bonds. The number of benzene rings is 1. The number of carbonyl (C=O) groups is 2. The Bertz CT molecular complexity index is 722. The number of amides is 3. The van der Waals surface area contributed by atoms with Crippen molar-refractivity contribution >= 4 is 11.9 Å². The Hall–Kier alpha value is -2.04. The minimum absolute atomic E-state index is 0.0536. The van der Waals surface area contributed by atoms with Crippen molar-refractivity contribution < 1.29 is 9.59 Å². The second kappa shape index (κ2) is 6.60. The molecule has 0 spiro atoms. The summed E-state index contributed by atoms with van der Waals surface area (Å²) in [7, 11) is 0. The molecule has 0 bridgehead atoms.